The van der Waals surface area contributed by atoms with Crippen molar-refractivity contribution < 1.29 is 14.6 Å². The monoisotopic (exact) mass is 233 g/mol. The third-order valence-electron chi connectivity index (χ3n) is 2.07. The zero-order valence-electron chi connectivity index (χ0n) is 11.3. The topological polar surface area (TPSA) is 41.9 Å². The first-order valence-electron chi connectivity index (χ1n) is 6.01. The van der Waals surface area contributed by atoms with Crippen LogP contribution in [0.2, 0.25) is 0 Å². The fourth-order valence-corrected chi connectivity index (χ4v) is 1.25. The van der Waals surface area contributed by atoms with Crippen LogP contribution in [0.4, 0.5) is 0 Å². The Morgan fingerprint density at radius 1 is 1.06 bits per heavy atom. The van der Waals surface area contributed by atoms with E-state index >= 15 is 0 Å². The molecule has 0 spiro atoms. The lowest BCUT2D eigenvalue weighted by Gasteiger charge is -2.21. The minimum Gasteiger partial charge on any atom is -0.389 e. The summed E-state index contributed by atoms with van der Waals surface area (Å²) in [6.45, 7) is 10.5. The zero-order valence-corrected chi connectivity index (χ0v) is 11.3. The van der Waals surface area contributed by atoms with Crippen LogP contribution in [0.1, 0.15) is 27.7 Å². The fraction of sp³-hybridized carbons (Fsp3) is 1.00. The molecule has 16 heavy (non-hydrogen) atoms. The van der Waals surface area contributed by atoms with E-state index < -0.39 is 6.10 Å². The van der Waals surface area contributed by atoms with Crippen LogP contribution in [-0.2, 0) is 9.47 Å². The number of hydrogen-bond acceptors (Lipinski definition) is 4. The molecule has 0 aliphatic heterocycles. The highest BCUT2D eigenvalue weighted by molar-refractivity contribution is 4.61. The van der Waals surface area contributed by atoms with Crippen molar-refractivity contribution in [2.75, 3.05) is 33.4 Å². The Morgan fingerprint density at radius 3 is 2.12 bits per heavy atom. The smallest absolute Gasteiger partial charge is 0.0900 e. The lowest BCUT2D eigenvalue weighted by molar-refractivity contribution is -0.0104. The maximum Gasteiger partial charge on any atom is 0.0900 e. The molecule has 0 aromatic heterocycles. The molecule has 0 bridgehead atoms. The minimum atomic E-state index is -0.425. The Kier molecular flexibility index (Phi) is 8.84. The first kappa shape index (κ1) is 15.8. The van der Waals surface area contributed by atoms with Gasteiger partial charge < -0.3 is 19.5 Å². The number of aliphatic hydroxyl groups is 1. The summed E-state index contributed by atoms with van der Waals surface area (Å²) in [5, 5.41) is 9.67. The van der Waals surface area contributed by atoms with Crippen LogP contribution >= 0.6 is 0 Å². The van der Waals surface area contributed by atoms with Gasteiger partial charge in [0.25, 0.3) is 0 Å². The van der Waals surface area contributed by atoms with E-state index in [-0.39, 0.29) is 12.2 Å². The Balaban J connectivity index is 3.50. The summed E-state index contributed by atoms with van der Waals surface area (Å²) in [4.78, 5) is 2.05. The molecule has 0 aliphatic rings. The number of rotatable bonds is 9. The van der Waals surface area contributed by atoms with Crippen molar-refractivity contribution in [1.82, 2.24) is 4.90 Å². The van der Waals surface area contributed by atoms with Gasteiger partial charge in [-0.1, -0.05) is 0 Å². The Hall–Kier alpha value is -0.160. The number of nitrogens with zero attached hydrogens (tertiary/aromatic N) is 1. The lowest BCUT2D eigenvalue weighted by atomic mass is 10.3. The highest BCUT2D eigenvalue weighted by atomic mass is 16.5. The van der Waals surface area contributed by atoms with Crippen molar-refractivity contribution in [1.29, 1.82) is 0 Å². The molecule has 1 atom stereocenters. The summed E-state index contributed by atoms with van der Waals surface area (Å²) < 4.78 is 10.8. The molecule has 0 aliphatic carbocycles. The molecule has 0 heterocycles. The van der Waals surface area contributed by atoms with E-state index in [2.05, 4.69) is 4.90 Å². The molecule has 0 rings (SSSR count). The summed E-state index contributed by atoms with van der Waals surface area (Å²) in [6.07, 6.45) is 0.0123. The van der Waals surface area contributed by atoms with Crippen LogP contribution in [0, 0.1) is 0 Å². The van der Waals surface area contributed by atoms with E-state index in [1.807, 2.05) is 34.7 Å². The van der Waals surface area contributed by atoms with Gasteiger partial charge in [-0.25, -0.2) is 0 Å². The molecule has 0 fully saturated rings. The normalized spacial score (nSPS) is 14.1. The van der Waals surface area contributed by atoms with Gasteiger partial charge >= 0.3 is 0 Å². The molecule has 1 unspecified atom stereocenters. The summed E-state index contributed by atoms with van der Waals surface area (Å²) in [7, 11) is 1.97. The van der Waals surface area contributed by atoms with Crippen LogP contribution in [0.25, 0.3) is 0 Å². The molecule has 4 nitrogen and oxygen atoms in total. The van der Waals surface area contributed by atoms with Crippen LogP contribution in [-0.4, -0.2) is 61.7 Å². The number of hydrogen-bond donors (Lipinski definition) is 1. The minimum absolute atomic E-state index is 0.171. The van der Waals surface area contributed by atoms with Crippen LogP contribution in [0.15, 0.2) is 0 Å². The van der Waals surface area contributed by atoms with E-state index in [1.54, 1.807) is 0 Å². The van der Waals surface area contributed by atoms with Gasteiger partial charge in [-0.2, -0.15) is 0 Å². The second-order valence-electron chi connectivity index (χ2n) is 4.72. The van der Waals surface area contributed by atoms with Gasteiger partial charge in [0, 0.05) is 13.1 Å². The molecule has 1 N–H and O–H groups in total. The second-order valence-corrected chi connectivity index (χ2v) is 4.72. The van der Waals surface area contributed by atoms with Crippen molar-refractivity contribution in [3.05, 3.63) is 0 Å². The van der Waals surface area contributed by atoms with Crippen molar-refractivity contribution in [3.8, 4) is 0 Å². The van der Waals surface area contributed by atoms with Crippen LogP contribution in [0.3, 0.4) is 0 Å². The standard InChI is InChI=1S/C12H27NO3/c1-10(2)15-7-6-13(5)8-12(14)9-16-11(3)4/h10-12,14H,6-9H2,1-5H3. The summed E-state index contributed by atoms with van der Waals surface area (Å²) in [6, 6.07) is 0. The maximum absolute atomic E-state index is 9.67. The largest absolute Gasteiger partial charge is 0.389 e. The SMILES string of the molecule is CC(C)OCCN(C)CC(O)COC(C)C. The van der Waals surface area contributed by atoms with Crippen molar-refractivity contribution in [2.24, 2.45) is 0 Å². The Bertz CT molecular complexity index is 162. The molecule has 4 heteroatoms. The quantitative estimate of drug-likeness (QED) is 0.648. The first-order chi connectivity index (χ1) is 7.41. The number of aliphatic hydroxyl groups excluding tert-OH is 1. The molecule has 0 aromatic carbocycles. The van der Waals surface area contributed by atoms with E-state index in [1.165, 1.54) is 0 Å². The van der Waals surface area contributed by atoms with E-state index in [0.29, 0.717) is 19.8 Å². The Morgan fingerprint density at radius 2 is 1.62 bits per heavy atom. The molecule has 0 aromatic rings. The third kappa shape index (κ3) is 10.4. The van der Waals surface area contributed by atoms with Gasteiger partial charge in [0.2, 0.25) is 0 Å². The summed E-state index contributed by atoms with van der Waals surface area (Å²) >= 11 is 0. The van der Waals surface area contributed by atoms with E-state index in [0.717, 1.165) is 6.54 Å². The van der Waals surface area contributed by atoms with E-state index in [4.69, 9.17) is 9.47 Å². The van der Waals surface area contributed by atoms with Crippen molar-refractivity contribution >= 4 is 0 Å². The van der Waals surface area contributed by atoms with Gasteiger partial charge in [0.15, 0.2) is 0 Å². The maximum atomic E-state index is 9.67. The summed E-state index contributed by atoms with van der Waals surface area (Å²) in [5.41, 5.74) is 0. The lowest BCUT2D eigenvalue weighted by Crippen LogP contribution is -2.35. The van der Waals surface area contributed by atoms with Crippen LogP contribution < -0.4 is 0 Å². The highest BCUT2D eigenvalue weighted by Gasteiger charge is 2.09. The third-order valence-corrected chi connectivity index (χ3v) is 2.07. The van der Waals surface area contributed by atoms with Gasteiger partial charge in [-0.05, 0) is 34.7 Å². The molecule has 0 amide bonds. The van der Waals surface area contributed by atoms with Gasteiger partial charge in [-0.15, -0.1) is 0 Å². The number of likely N-dealkylation sites (N-methyl/N-ethyl adjacent to an activating group) is 1. The fourth-order valence-electron chi connectivity index (χ4n) is 1.25. The number of ether oxygens (including phenoxy) is 2. The highest BCUT2D eigenvalue weighted by Crippen LogP contribution is 1.95. The molecular formula is C12H27NO3. The van der Waals surface area contributed by atoms with Crippen molar-refractivity contribution in [2.45, 2.75) is 46.0 Å². The zero-order chi connectivity index (χ0) is 12.6. The molecule has 0 saturated carbocycles. The van der Waals surface area contributed by atoms with Gasteiger partial charge in [0.05, 0.1) is 31.5 Å². The molecule has 0 saturated heterocycles. The molecule has 98 valence electrons. The van der Waals surface area contributed by atoms with E-state index in [9.17, 15) is 5.11 Å². The molecular weight excluding hydrogens is 206 g/mol. The first-order valence-corrected chi connectivity index (χ1v) is 6.01. The van der Waals surface area contributed by atoms with Gasteiger partial charge in [0.1, 0.15) is 0 Å². The Labute approximate surface area is 99.5 Å². The summed E-state index contributed by atoms with van der Waals surface area (Å²) in [5.74, 6) is 0. The predicted molar refractivity (Wildman–Crippen MR) is 65.7 cm³/mol. The predicted octanol–water partition coefficient (Wildman–Crippen LogP) is 1.13. The van der Waals surface area contributed by atoms with Gasteiger partial charge in [-0.3, -0.25) is 0 Å². The van der Waals surface area contributed by atoms with Crippen LogP contribution in [0.5, 0.6) is 0 Å². The second kappa shape index (κ2) is 8.93. The van der Waals surface area contributed by atoms with Crippen molar-refractivity contribution in [3.63, 3.8) is 0 Å². The average molecular weight is 233 g/mol. The molecule has 0 radical (unpaired) electrons. The average Bonchev–Trinajstić information content (AvgIpc) is 2.14.